The molecule has 2 aromatic rings. The van der Waals surface area contributed by atoms with Crippen molar-refractivity contribution < 1.29 is 9.53 Å². The lowest BCUT2D eigenvalue weighted by Crippen LogP contribution is -2.42. The van der Waals surface area contributed by atoms with E-state index < -0.39 is 0 Å². The van der Waals surface area contributed by atoms with Gasteiger partial charge in [-0.1, -0.05) is 32.0 Å². The standard InChI is InChI=1S/C20H29N3O2S/c1-4-23(5-2)19(16-8-6-9-17(14-16)25-3)15-22-20(24)21-12-11-18-10-7-13-26-18/h6-10,13-14,19H,4-5,11-12,15H2,1-3H3,(H2,21,22,24)/t19-/m1/s1. The maximum atomic E-state index is 12.2. The largest absolute Gasteiger partial charge is 0.497 e. The summed E-state index contributed by atoms with van der Waals surface area (Å²) in [5.74, 6) is 0.833. The third-order valence-corrected chi connectivity index (χ3v) is 5.36. The summed E-state index contributed by atoms with van der Waals surface area (Å²) in [6.07, 6.45) is 0.862. The van der Waals surface area contributed by atoms with Crippen LogP contribution in [-0.2, 0) is 6.42 Å². The average molecular weight is 376 g/mol. The van der Waals surface area contributed by atoms with Crippen molar-refractivity contribution in [3.63, 3.8) is 0 Å². The molecule has 0 aliphatic rings. The maximum Gasteiger partial charge on any atom is 0.314 e. The van der Waals surface area contributed by atoms with Crippen LogP contribution in [0.5, 0.6) is 5.75 Å². The Morgan fingerprint density at radius 2 is 2.00 bits per heavy atom. The first kappa shape index (κ1) is 20.3. The lowest BCUT2D eigenvalue weighted by Gasteiger charge is -2.30. The molecule has 1 aromatic carbocycles. The summed E-state index contributed by atoms with van der Waals surface area (Å²) in [5, 5.41) is 8.01. The van der Waals surface area contributed by atoms with Crippen LogP contribution in [0, 0.1) is 0 Å². The van der Waals surface area contributed by atoms with Gasteiger partial charge in [0.15, 0.2) is 0 Å². The number of rotatable bonds is 10. The summed E-state index contributed by atoms with van der Waals surface area (Å²) in [7, 11) is 1.67. The molecule has 2 amide bonds. The minimum atomic E-state index is -0.124. The summed E-state index contributed by atoms with van der Waals surface area (Å²) < 4.78 is 5.35. The first-order valence-electron chi connectivity index (χ1n) is 9.10. The van der Waals surface area contributed by atoms with E-state index in [1.807, 2.05) is 24.3 Å². The van der Waals surface area contributed by atoms with Crippen LogP contribution in [0.1, 0.15) is 30.3 Å². The van der Waals surface area contributed by atoms with Gasteiger partial charge in [-0.2, -0.15) is 0 Å². The van der Waals surface area contributed by atoms with Crippen LogP contribution in [0.25, 0.3) is 0 Å². The number of likely N-dealkylation sites (N-methyl/N-ethyl adjacent to an activating group) is 1. The summed E-state index contributed by atoms with van der Waals surface area (Å²) in [5.41, 5.74) is 1.15. The van der Waals surface area contributed by atoms with E-state index in [4.69, 9.17) is 4.74 Å². The van der Waals surface area contributed by atoms with Gasteiger partial charge < -0.3 is 15.4 Å². The van der Waals surface area contributed by atoms with Gasteiger partial charge in [0, 0.05) is 18.0 Å². The van der Waals surface area contributed by atoms with Gasteiger partial charge in [0.25, 0.3) is 0 Å². The second-order valence-corrected chi connectivity index (χ2v) is 7.01. The number of ether oxygens (including phenoxy) is 1. The summed E-state index contributed by atoms with van der Waals surface area (Å²) >= 11 is 1.71. The molecule has 0 saturated heterocycles. The van der Waals surface area contributed by atoms with Gasteiger partial charge >= 0.3 is 6.03 Å². The fraction of sp³-hybridized carbons (Fsp3) is 0.450. The SMILES string of the molecule is CCN(CC)[C@H](CNC(=O)NCCc1cccs1)c1cccc(OC)c1. The average Bonchev–Trinajstić information content (AvgIpc) is 3.18. The van der Waals surface area contributed by atoms with Gasteiger partial charge in [-0.3, -0.25) is 4.90 Å². The van der Waals surface area contributed by atoms with Crippen LogP contribution in [0.2, 0.25) is 0 Å². The van der Waals surface area contributed by atoms with Gasteiger partial charge in [-0.15, -0.1) is 11.3 Å². The summed E-state index contributed by atoms with van der Waals surface area (Å²) in [4.78, 5) is 15.8. The molecule has 26 heavy (non-hydrogen) atoms. The van der Waals surface area contributed by atoms with Crippen molar-refractivity contribution in [1.82, 2.24) is 15.5 Å². The second-order valence-electron chi connectivity index (χ2n) is 5.98. The van der Waals surface area contributed by atoms with Crippen molar-refractivity contribution in [3.8, 4) is 5.75 Å². The normalized spacial score (nSPS) is 12.0. The number of carbonyl (C=O) groups is 1. The lowest BCUT2D eigenvalue weighted by molar-refractivity contribution is 0.206. The minimum absolute atomic E-state index is 0.114. The maximum absolute atomic E-state index is 12.2. The van der Waals surface area contributed by atoms with Crippen LogP contribution in [0.4, 0.5) is 4.79 Å². The molecule has 0 fully saturated rings. The van der Waals surface area contributed by atoms with Gasteiger partial charge in [-0.05, 0) is 48.7 Å². The third kappa shape index (κ3) is 6.04. The van der Waals surface area contributed by atoms with Crippen molar-refractivity contribution in [3.05, 3.63) is 52.2 Å². The third-order valence-electron chi connectivity index (χ3n) is 4.42. The molecule has 5 nitrogen and oxygen atoms in total. The molecule has 0 radical (unpaired) electrons. The van der Waals surface area contributed by atoms with E-state index in [1.54, 1.807) is 18.4 Å². The van der Waals surface area contributed by atoms with Crippen LogP contribution < -0.4 is 15.4 Å². The van der Waals surface area contributed by atoms with Crippen LogP contribution in [0.15, 0.2) is 41.8 Å². The first-order chi connectivity index (χ1) is 12.7. The van der Waals surface area contributed by atoms with E-state index in [1.165, 1.54) is 4.88 Å². The van der Waals surface area contributed by atoms with E-state index in [-0.39, 0.29) is 12.1 Å². The molecule has 0 spiro atoms. The smallest absolute Gasteiger partial charge is 0.314 e. The van der Waals surface area contributed by atoms with E-state index >= 15 is 0 Å². The van der Waals surface area contributed by atoms with Gasteiger partial charge in [0.2, 0.25) is 0 Å². The highest BCUT2D eigenvalue weighted by molar-refractivity contribution is 7.09. The molecule has 2 N–H and O–H groups in total. The number of hydrogen-bond donors (Lipinski definition) is 2. The number of methoxy groups -OCH3 is 1. The molecule has 2 rings (SSSR count). The first-order valence-corrected chi connectivity index (χ1v) is 9.98. The van der Waals surface area contributed by atoms with Crippen molar-refractivity contribution in [1.29, 1.82) is 0 Å². The Kier molecular flexibility index (Phi) is 8.44. The Hall–Kier alpha value is -2.05. The number of carbonyl (C=O) groups excluding carboxylic acids is 1. The highest BCUT2D eigenvalue weighted by Gasteiger charge is 2.19. The van der Waals surface area contributed by atoms with Gasteiger partial charge in [0.05, 0.1) is 13.2 Å². The van der Waals surface area contributed by atoms with Crippen molar-refractivity contribution in [2.24, 2.45) is 0 Å². The molecular formula is C20H29N3O2S. The Balaban J connectivity index is 1.92. The Morgan fingerprint density at radius 3 is 2.65 bits per heavy atom. The Bertz CT molecular complexity index is 657. The fourth-order valence-electron chi connectivity index (χ4n) is 2.98. The van der Waals surface area contributed by atoms with E-state index in [2.05, 4.69) is 46.9 Å². The molecule has 1 aromatic heterocycles. The number of hydrogen-bond acceptors (Lipinski definition) is 4. The molecule has 1 atom stereocenters. The monoisotopic (exact) mass is 375 g/mol. The summed E-state index contributed by atoms with van der Waals surface area (Å²) in [6.45, 7) is 7.30. The number of thiophene rings is 1. The van der Waals surface area contributed by atoms with Gasteiger partial charge in [-0.25, -0.2) is 4.79 Å². The number of nitrogens with zero attached hydrogens (tertiary/aromatic N) is 1. The zero-order valence-corrected chi connectivity index (χ0v) is 16.6. The van der Waals surface area contributed by atoms with Crippen molar-refractivity contribution in [2.75, 3.05) is 33.3 Å². The highest BCUT2D eigenvalue weighted by Crippen LogP contribution is 2.23. The Morgan fingerprint density at radius 1 is 1.19 bits per heavy atom. The van der Waals surface area contributed by atoms with Crippen LogP contribution >= 0.6 is 11.3 Å². The number of urea groups is 1. The van der Waals surface area contributed by atoms with Crippen LogP contribution in [0.3, 0.4) is 0 Å². The predicted molar refractivity (Wildman–Crippen MR) is 108 cm³/mol. The molecular weight excluding hydrogens is 346 g/mol. The molecule has 0 aliphatic carbocycles. The molecule has 0 unspecified atom stereocenters. The molecule has 0 saturated carbocycles. The van der Waals surface area contributed by atoms with Crippen LogP contribution in [-0.4, -0.2) is 44.2 Å². The topological polar surface area (TPSA) is 53.6 Å². The zero-order valence-electron chi connectivity index (χ0n) is 15.8. The second kappa shape index (κ2) is 10.8. The van der Waals surface area contributed by atoms with Crippen molar-refractivity contribution >= 4 is 17.4 Å². The van der Waals surface area contributed by atoms with E-state index in [9.17, 15) is 4.79 Å². The number of benzene rings is 1. The molecule has 0 aliphatic heterocycles. The Labute approximate surface area is 160 Å². The lowest BCUT2D eigenvalue weighted by atomic mass is 10.0. The zero-order chi connectivity index (χ0) is 18.8. The van der Waals surface area contributed by atoms with E-state index in [0.717, 1.165) is 30.8 Å². The molecule has 142 valence electrons. The predicted octanol–water partition coefficient (Wildman–Crippen LogP) is 3.68. The molecule has 1 heterocycles. The van der Waals surface area contributed by atoms with Gasteiger partial charge in [0.1, 0.15) is 5.75 Å². The highest BCUT2D eigenvalue weighted by atomic mass is 32.1. The molecule has 0 bridgehead atoms. The quantitative estimate of drug-likeness (QED) is 0.666. The van der Waals surface area contributed by atoms with Crippen molar-refractivity contribution in [2.45, 2.75) is 26.3 Å². The van der Waals surface area contributed by atoms with E-state index in [0.29, 0.717) is 13.1 Å². The number of nitrogens with one attached hydrogen (secondary N) is 2. The molecule has 6 heteroatoms. The minimum Gasteiger partial charge on any atom is -0.497 e. The fourth-order valence-corrected chi connectivity index (χ4v) is 3.69. The summed E-state index contributed by atoms with van der Waals surface area (Å²) in [6, 6.07) is 12.2. The number of amides is 2.